The first kappa shape index (κ1) is 27.4. The minimum atomic E-state index is -0.733. The van der Waals surface area contributed by atoms with E-state index < -0.39 is 6.04 Å². The molecular formula is C28H28ClN3O5. The number of carbonyl (C=O) groups is 3. The van der Waals surface area contributed by atoms with E-state index in [2.05, 4.69) is 10.5 Å². The second-order valence-electron chi connectivity index (χ2n) is 8.38. The van der Waals surface area contributed by atoms with Gasteiger partial charge in [0, 0.05) is 47.6 Å². The number of likely N-dealkylation sites (N-methyl/N-ethyl adjacent to an activating group) is 1. The fourth-order valence-electron chi connectivity index (χ4n) is 3.75. The van der Waals surface area contributed by atoms with Gasteiger partial charge in [-0.05, 0) is 55.8 Å². The molecule has 8 nitrogen and oxygen atoms in total. The van der Waals surface area contributed by atoms with E-state index in [4.69, 9.17) is 20.9 Å². The maximum absolute atomic E-state index is 13.4. The van der Waals surface area contributed by atoms with Crippen LogP contribution in [0.1, 0.15) is 34.2 Å². The van der Waals surface area contributed by atoms with Crippen molar-refractivity contribution in [1.29, 1.82) is 0 Å². The van der Waals surface area contributed by atoms with Crippen LogP contribution in [-0.2, 0) is 20.7 Å². The van der Waals surface area contributed by atoms with Crippen LogP contribution in [0.3, 0.4) is 0 Å². The molecule has 37 heavy (non-hydrogen) atoms. The van der Waals surface area contributed by atoms with Crippen LogP contribution in [-0.4, -0.2) is 48.2 Å². The summed E-state index contributed by atoms with van der Waals surface area (Å²) in [5, 5.41) is 7.05. The average molecular weight is 522 g/mol. The first-order chi connectivity index (χ1) is 17.7. The van der Waals surface area contributed by atoms with E-state index in [9.17, 15) is 14.4 Å². The lowest BCUT2D eigenvalue weighted by Crippen LogP contribution is -2.41. The summed E-state index contributed by atoms with van der Waals surface area (Å²) in [5.41, 5.74) is 2.87. The zero-order valence-electron chi connectivity index (χ0n) is 21.0. The van der Waals surface area contributed by atoms with Crippen LogP contribution in [0.2, 0.25) is 5.02 Å². The van der Waals surface area contributed by atoms with Gasteiger partial charge in [0.05, 0.1) is 13.3 Å². The van der Waals surface area contributed by atoms with Crippen molar-refractivity contribution < 1.29 is 23.6 Å². The van der Waals surface area contributed by atoms with Crippen LogP contribution < -0.4 is 5.32 Å². The van der Waals surface area contributed by atoms with E-state index in [1.807, 2.05) is 31.2 Å². The molecule has 1 N–H and O–H groups in total. The third-order valence-corrected chi connectivity index (χ3v) is 5.93. The number of benzene rings is 2. The molecule has 1 amide bonds. The number of nitrogens with one attached hydrogen (secondary N) is 1. The first-order valence-corrected chi connectivity index (χ1v) is 11.8. The number of hydrogen-bond donors (Lipinski definition) is 1. The van der Waals surface area contributed by atoms with E-state index in [1.54, 1.807) is 42.4 Å². The number of aryl methyl sites for hydroxylation is 1. The molecule has 0 aliphatic carbocycles. The Morgan fingerprint density at radius 2 is 1.89 bits per heavy atom. The van der Waals surface area contributed by atoms with Crippen molar-refractivity contribution in [2.45, 2.75) is 26.3 Å². The minimum Gasteiger partial charge on any atom is -0.495 e. The molecule has 0 fully saturated rings. The highest BCUT2D eigenvalue weighted by Crippen LogP contribution is 2.30. The molecule has 0 saturated heterocycles. The zero-order valence-corrected chi connectivity index (χ0v) is 21.8. The summed E-state index contributed by atoms with van der Waals surface area (Å²) in [4.78, 5) is 38.9. The van der Waals surface area contributed by atoms with Gasteiger partial charge in [-0.2, -0.15) is 0 Å². The lowest BCUT2D eigenvalue weighted by atomic mass is 9.95. The second-order valence-corrected chi connectivity index (χ2v) is 8.82. The Hall–Kier alpha value is -4.17. The van der Waals surface area contributed by atoms with Crippen molar-refractivity contribution in [3.05, 3.63) is 100 Å². The molecule has 1 aromatic heterocycles. The van der Waals surface area contributed by atoms with Crippen LogP contribution in [0.15, 0.2) is 77.3 Å². The van der Waals surface area contributed by atoms with E-state index in [0.29, 0.717) is 39.5 Å². The molecule has 0 saturated carbocycles. The summed E-state index contributed by atoms with van der Waals surface area (Å²) >= 11 is 6.21. The van der Waals surface area contributed by atoms with Gasteiger partial charge >= 0.3 is 0 Å². The van der Waals surface area contributed by atoms with E-state index >= 15 is 0 Å². The van der Waals surface area contributed by atoms with Crippen molar-refractivity contribution in [2.75, 3.05) is 19.5 Å². The highest BCUT2D eigenvalue weighted by Gasteiger charge is 2.26. The van der Waals surface area contributed by atoms with Crippen LogP contribution >= 0.6 is 11.6 Å². The molecule has 1 heterocycles. The summed E-state index contributed by atoms with van der Waals surface area (Å²) in [5.74, 6) is 0.279. The Labute approximate surface area is 220 Å². The standard InChI is InChI=1S/C28H28ClN3O5/c1-18-5-8-21(9-6-18)31-28(35)26(16-22-11-13-30-37-22)32(3)17-27(36-4)24(12-14-33)25-15-20(29)7-10-23(25)19(2)34/h5-15,17,26H,16H2,1-4H3,(H,31,35)/b24-12-,27-17+. The predicted molar refractivity (Wildman–Crippen MR) is 142 cm³/mol. The Morgan fingerprint density at radius 1 is 1.16 bits per heavy atom. The number of nitrogens with zero attached hydrogens (tertiary/aromatic N) is 2. The van der Waals surface area contributed by atoms with Gasteiger partial charge in [0.2, 0.25) is 5.91 Å². The largest absolute Gasteiger partial charge is 0.495 e. The molecule has 2 aromatic carbocycles. The zero-order chi connectivity index (χ0) is 26.9. The number of aromatic nitrogens is 1. The third kappa shape index (κ3) is 7.17. The molecule has 1 unspecified atom stereocenters. The fraction of sp³-hybridized carbons (Fsp3) is 0.214. The number of aldehydes is 1. The molecule has 3 aromatic rings. The van der Waals surface area contributed by atoms with Gasteiger partial charge in [-0.1, -0.05) is 34.5 Å². The van der Waals surface area contributed by atoms with Crippen molar-refractivity contribution in [3.63, 3.8) is 0 Å². The molecule has 192 valence electrons. The third-order valence-electron chi connectivity index (χ3n) is 5.69. The molecule has 0 radical (unpaired) electrons. The van der Waals surface area contributed by atoms with Crippen LogP contribution in [0, 0.1) is 6.92 Å². The number of carbonyl (C=O) groups excluding carboxylic acids is 3. The molecule has 0 spiro atoms. The van der Waals surface area contributed by atoms with Gasteiger partial charge in [0.1, 0.15) is 23.8 Å². The number of methoxy groups -OCH3 is 1. The van der Waals surface area contributed by atoms with E-state index in [-0.39, 0.29) is 23.9 Å². The van der Waals surface area contributed by atoms with E-state index in [1.165, 1.54) is 26.3 Å². The summed E-state index contributed by atoms with van der Waals surface area (Å²) in [7, 11) is 3.14. The smallest absolute Gasteiger partial charge is 0.247 e. The molecule has 0 aliphatic rings. The van der Waals surface area contributed by atoms with Gasteiger partial charge in [-0.25, -0.2) is 0 Å². The SMILES string of the molecule is COC(=C/N(C)C(Cc1ccno1)C(=O)Nc1ccc(C)cc1)/C(=C\C=O)c1cc(Cl)ccc1C(C)=O. The number of hydrogen-bond acceptors (Lipinski definition) is 7. The molecular weight excluding hydrogens is 494 g/mol. The topological polar surface area (TPSA) is 102 Å². The molecule has 0 aliphatic heterocycles. The molecule has 3 rings (SSSR count). The normalized spacial score (nSPS) is 12.6. The summed E-state index contributed by atoms with van der Waals surface area (Å²) in [6, 6.07) is 13.2. The van der Waals surface area contributed by atoms with E-state index in [0.717, 1.165) is 5.56 Å². The number of Topliss-reactive ketones (excluding diaryl/α,β-unsaturated/α-hetero) is 1. The number of allylic oxidation sites excluding steroid dienone is 2. The summed E-state index contributed by atoms with van der Waals surface area (Å²) < 4.78 is 10.9. The highest BCUT2D eigenvalue weighted by molar-refractivity contribution is 6.31. The number of ether oxygens (including phenoxy) is 1. The fourth-order valence-corrected chi connectivity index (χ4v) is 3.92. The van der Waals surface area contributed by atoms with Gasteiger partial charge in [0.25, 0.3) is 0 Å². The van der Waals surface area contributed by atoms with Gasteiger partial charge in [-0.3, -0.25) is 14.4 Å². The van der Waals surface area contributed by atoms with Gasteiger partial charge in [-0.15, -0.1) is 0 Å². The lowest BCUT2D eigenvalue weighted by Gasteiger charge is -2.27. The van der Waals surface area contributed by atoms with Crippen LogP contribution in [0.5, 0.6) is 0 Å². The lowest BCUT2D eigenvalue weighted by molar-refractivity contribution is -0.120. The summed E-state index contributed by atoms with van der Waals surface area (Å²) in [6.07, 6.45) is 5.20. The van der Waals surface area contributed by atoms with Crippen molar-refractivity contribution >= 4 is 40.8 Å². The summed E-state index contributed by atoms with van der Waals surface area (Å²) in [6.45, 7) is 3.39. The number of rotatable bonds is 11. The van der Waals surface area contributed by atoms with Gasteiger partial charge < -0.3 is 19.5 Å². The Kier molecular flexibility index (Phi) is 9.40. The number of anilines is 1. The number of amides is 1. The number of ketones is 1. The van der Waals surface area contributed by atoms with Crippen molar-refractivity contribution in [2.24, 2.45) is 0 Å². The number of halogens is 1. The Balaban J connectivity index is 2.01. The highest BCUT2D eigenvalue weighted by atomic mass is 35.5. The second kappa shape index (κ2) is 12.7. The maximum atomic E-state index is 13.4. The van der Waals surface area contributed by atoms with Crippen LogP contribution in [0.4, 0.5) is 5.69 Å². The van der Waals surface area contributed by atoms with Crippen molar-refractivity contribution in [1.82, 2.24) is 10.1 Å². The predicted octanol–water partition coefficient (Wildman–Crippen LogP) is 5.09. The average Bonchev–Trinajstić information content (AvgIpc) is 3.39. The first-order valence-electron chi connectivity index (χ1n) is 11.4. The van der Waals surface area contributed by atoms with Crippen LogP contribution in [0.25, 0.3) is 5.57 Å². The molecule has 0 bridgehead atoms. The molecule has 9 heteroatoms. The van der Waals surface area contributed by atoms with Gasteiger partial charge in [0.15, 0.2) is 5.78 Å². The van der Waals surface area contributed by atoms with Crippen molar-refractivity contribution in [3.8, 4) is 0 Å². The monoisotopic (exact) mass is 521 g/mol. The minimum absolute atomic E-state index is 0.201. The Bertz CT molecular complexity index is 1310. The molecule has 1 atom stereocenters. The maximum Gasteiger partial charge on any atom is 0.247 e. The Morgan fingerprint density at radius 3 is 2.49 bits per heavy atom. The quantitative estimate of drug-likeness (QED) is 0.123.